The number of benzene rings is 1. The molecule has 162 valence electrons. The van der Waals surface area contributed by atoms with E-state index >= 15 is 0 Å². The predicted octanol–water partition coefficient (Wildman–Crippen LogP) is 1.96. The topological polar surface area (TPSA) is 96.0 Å². The standard InChI is InChI=1S/C20H31N3O5S/c1-4-22(13-19(24)21-16(2)3)29(26,27)15-18-11-8-12-23(18)20(25)28-14-17-9-6-5-7-10-17/h5-7,9-10,16,18H,4,8,11-15H2,1-3H3,(H,21,24)/t18-/m0/s1. The first kappa shape index (κ1) is 23.2. The van der Waals surface area contributed by atoms with Crippen molar-refractivity contribution in [3.05, 3.63) is 35.9 Å². The van der Waals surface area contributed by atoms with Crippen LogP contribution in [0, 0.1) is 0 Å². The van der Waals surface area contributed by atoms with E-state index in [2.05, 4.69) is 5.32 Å². The number of nitrogens with one attached hydrogen (secondary N) is 1. The molecule has 0 bridgehead atoms. The van der Waals surface area contributed by atoms with Gasteiger partial charge in [0.1, 0.15) is 6.61 Å². The van der Waals surface area contributed by atoms with Crippen molar-refractivity contribution >= 4 is 22.0 Å². The summed E-state index contributed by atoms with van der Waals surface area (Å²) in [5, 5.41) is 2.70. The van der Waals surface area contributed by atoms with E-state index in [-0.39, 0.29) is 37.4 Å². The summed E-state index contributed by atoms with van der Waals surface area (Å²) in [6.07, 6.45) is 0.808. The van der Waals surface area contributed by atoms with E-state index in [0.29, 0.717) is 13.0 Å². The zero-order valence-electron chi connectivity index (χ0n) is 17.3. The lowest BCUT2D eigenvalue weighted by molar-refractivity contribution is -0.121. The second-order valence-electron chi connectivity index (χ2n) is 7.46. The molecule has 1 aromatic rings. The average molecular weight is 426 g/mol. The van der Waals surface area contributed by atoms with Gasteiger partial charge < -0.3 is 15.0 Å². The molecule has 1 aliphatic rings. The van der Waals surface area contributed by atoms with Crippen LogP contribution in [-0.2, 0) is 26.2 Å². The zero-order valence-corrected chi connectivity index (χ0v) is 18.2. The van der Waals surface area contributed by atoms with Crippen LogP contribution in [0.25, 0.3) is 0 Å². The molecule has 0 spiro atoms. The SMILES string of the molecule is CCN(CC(=O)NC(C)C)S(=O)(=O)C[C@@H]1CCCN1C(=O)OCc1ccccc1. The molecule has 1 aromatic carbocycles. The third-order valence-corrected chi connectivity index (χ3v) is 6.72. The Labute approximate surface area is 173 Å². The number of nitrogens with zero attached hydrogens (tertiary/aromatic N) is 2. The van der Waals surface area contributed by atoms with E-state index in [1.807, 2.05) is 44.2 Å². The van der Waals surface area contributed by atoms with Gasteiger partial charge >= 0.3 is 6.09 Å². The van der Waals surface area contributed by atoms with Crippen LogP contribution in [0.4, 0.5) is 4.79 Å². The van der Waals surface area contributed by atoms with Gasteiger partial charge in [-0.25, -0.2) is 13.2 Å². The molecule has 1 aliphatic heterocycles. The minimum Gasteiger partial charge on any atom is -0.445 e. The highest BCUT2D eigenvalue weighted by Gasteiger charge is 2.35. The molecule has 29 heavy (non-hydrogen) atoms. The third kappa shape index (κ3) is 7.01. The molecule has 1 saturated heterocycles. The van der Waals surface area contributed by atoms with E-state index in [4.69, 9.17) is 4.74 Å². The quantitative estimate of drug-likeness (QED) is 0.653. The minimum atomic E-state index is -3.70. The van der Waals surface area contributed by atoms with Crippen LogP contribution in [0.3, 0.4) is 0 Å². The molecule has 2 rings (SSSR count). The van der Waals surface area contributed by atoms with Crippen molar-refractivity contribution in [2.75, 3.05) is 25.4 Å². The fourth-order valence-corrected chi connectivity index (χ4v) is 5.09. The fourth-order valence-electron chi connectivity index (χ4n) is 3.33. The van der Waals surface area contributed by atoms with Crippen LogP contribution < -0.4 is 5.32 Å². The highest BCUT2D eigenvalue weighted by atomic mass is 32.2. The Morgan fingerprint density at radius 3 is 2.59 bits per heavy atom. The van der Waals surface area contributed by atoms with Crippen molar-refractivity contribution < 1.29 is 22.7 Å². The minimum absolute atomic E-state index is 0.0615. The van der Waals surface area contributed by atoms with Crippen molar-refractivity contribution in [3.8, 4) is 0 Å². The Hall–Kier alpha value is -2.13. The Balaban J connectivity index is 1.96. The van der Waals surface area contributed by atoms with Gasteiger partial charge in [0, 0.05) is 19.1 Å². The normalized spacial score (nSPS) is 17.0. The largest absolute Gasteiger partial charge is 0.445 e. The first-order chi connectivity index (χ1) is 13.7. The second kappa shape index (κ2) is 10.6. The van der Waals surface area contributed by atoms with Crippen LogP contribution in [0.5, 0.6) is 0 Å². The zero-order chi connectivity index (χ0) is 21.4. The van der Waals surface area contributed by atoms with E-state index < -0.39 is 22.2 Å². The molecule has 0 radical (unpaired) electrons. The number of hydrogen-bond donors (Lipinski definition) is 1. The highest BCUT2D eigenvalue weighted by molar-refractivity contribution is 7.89. The monoisotopic (exact) mass is 425 g/mol. The molecule has 0 aliphatic carbocycles. The summed E-state index contributed by atoms with van der Waals surface area (Å²) >= 11 is 0. The van der Waals surface area contributed by atoms with Crippen molar-refractivity contribution in [2.24, 2.45) is 0 Å². The maximum absolute atomic E-state index is 12.9. The number of rotatable bonds is 9. The first-order valence-electron chi connectivity index (χ1n) is 9.97. The lowest BCUT2D eigenvalue weighted by Crippen LogP contribution is -2.47. The van der Waals surface area contributed by atoms with Crippen molar-refractivity contribution in [1.29, 1.82) is 0 Å². The maximum Gasteiger partial charge on any atom is 0.410 e. The number of likely N-dealkylation sites (N-methyl/N-ethyl adjacent to an activating group) is 1. The molecular weight excluding hydrogens is 394 g/mol. The highest BCUT2D eigenvalue weighted by Crippen LogP contribution is 2.21. The predicted molar refractivity (Wildman–Crippen MR) is 111 cm³/mol. The number of sulfonamides is 1. The van der Waals surface area contributed by atoms with E-state index in [0.717, 1.165) is 16.3 Å². The van der Waals surface area contributed by atoms with Crippen LogP contribution in [0.2, 0.25) is 0 Å². The summed E-state index contributed by atoms with van der Waals surface area (Å²) in [4.78, 5) is 26.0. The number of amides is 2. The molecular formula is C20H31N3O5S. The van der Waals surface area contributed by atoms with Gasteiger partial charge in [0.25, 0.3) is 0 Å². The third-order valence-electron chi connectivity index (χ3n) is 4.74. The van der Waals surface area contributed by atoms with Gasteiger partial charge in [0.05, 0.1) is 18.3 Å². The van der Waals surface area contributed by atoms with Gasteiger partial charge in [-0.1, -0.05) is 37.3 Å². The molecule has 8 nitrogen and oxygen atoms in total. The second-order valence-corrected chi connectivity index (χ2v) is 9.47. The lowest BCUT2D eigenvalue weighted by atomic mass is 10.2. The van der Waals surface area contributed by atoms with Crippen molar-refractivity contribution in [3.63, 3.8) is 0 Å². The summed E-state index contributed by atoms with van der Waals surface area (Å²) in [7, 11) is -3.70. The Kier molecular flexibility index (Phi) is 8.45. The van der Waals surface area contributed by atoms with E-state index in [1.54, 1.807) is 6.92 Å². The molecule has 1 N–H and O–H groups in total. The smallest absolute Gasteiger partial charge is 0.410 e. The summed E-state index contributed by atoms with van der Waals surface area (Å²) < 4.78 is 32.2. The Morgan fingerprint density at radius 2 is 1.97 bits per heavy atom. The number of likely N-dealkylation sites (tertiary alicyclic amines) is 1. The van der Waals surface area contributed by atoms with Crippen LogP contribution in [-0.4, -0.2) is 67.1 Å². The molecule has 9 heteroatoms. The van der Waals surface area contributed by atoms with Gasteiger partial charge in [0.15, 0.2) is 0 Å². The fraction of sp³-hybridized carbons (Fsp3) is 0.600. The van der Waals surface area contributed by atoms with Crippen LogP contribution in [0.1, 0.15) is 39.2 Å². The number of hydrogen-bond acceptors (Lipinski definition) is 5. The number of ether oxygens (including phenoxy) is 1. The van der Waals surface area contributed by atoms with Gasteiger partial charge in [-0.3, -0.25) is 4.79 Å². The summed E-state index contributed by atoms with van der Waals surface area (Å²) in [6.45, 7) is 5.92. The summed E-state index contributed by atoms with van der Waals surface area (Å²) in [5.41, 5.74) is 0.873. The molecule has 1 heterocycles. The average Bonchev–Trinajstić information content (AvgIpc) is 3.11. The summed E-state index contributed by atoms with van der Waals surface area (Å²) in [6, 6.07) is 8.82. The van der Waals surface area contributed by atoms with Crippen molar-refractivity contribution in [2.45, 2.75) is 52.3 Å². The lowest BCUT2D eigenvalue weighted by Gasteiger charge is -2.27. The Morgan fingerprint density at radius 1 is 1.28 bits per heavy atom. The molecule has 0 aromatic heterocycles. The Bertz CT molecular complexity index is 783. The van der Waals surface area contributed by atoms with E-state index in [9.17, 15) is 18.0 Å². The van der Waals surface area contributed by atoms with Crippen LogP contribution in [0.15, 0.2) is 30.3 Å². The summed E-state index contributed by atoms with van der Waals surface area (Å²) in [5.74, 6) is -0.549. The van der Waals surface area contributed by atoms with Gasteiger partial charge in [-0.05, 0) is 32.3 Å². The molecule has 1 fully saturated rings. The molecule has 2 amide bonds. The maximum atomic E-state index is 12.9. The first-order valence-corrected chi connectivity index (χ1v) is 11.6. The van der Waals surface area contributed by atoms with Crippen LogP contribution >= 0.6 is 0 Å². The van der Waals surface area contributed by atoms with Gasteiger partial charge in [-0.15, -0.1) is 0 Å². The van der Waals surface area contributed by atoms with E-state index in [1.165, 1.54) is 4.90 Å². The molecule has 0 unspecified atom stereocenters. The molecule has 1 atom stereocenters. The van der Waals surface area contributed by atoms with Crippen molar-refractivity contribution in [1.82, 2.24) is 14.5 Å². The molecule has 0 saturated carbocycles. The van der Waals surface area contributed by atoms with Gasteiger partial charge in [0.2, 0.25) is 15.9 Å². The van der Waals surface area contributed by atoms with Gasteiger partial charge in [-0.2, -0.15) is 4.31 Å². The number of carbonyl (C=O) groups is 2. The number of carbonyl (C=O) groups excluding carboxylic acids is 2.